The highest BCUT2D eigenvalue weighted by Crippen LogP contribution is 2.25. The van der Waals surface area contributed by atoms with E-state index in [9.17, 15) is 0 Å². The van der Waals surface area contributed by atoms with Crippen LogP contribution in [0.3, 0.4) is 0 Å². The fraction of sp³-hybridized carbons (Fsp3) is 1.00. The molecule has 0 saturated carbocycles. The Hall–Kier alpha value is 0.270. The van der Waals surface area contributed by atoms with E-state index in [1.807, 2.05) is 0 Å². The van der Waals surface area contributed by atoms with E-state index >= 15 is 0 Å². The summed E-state index contributed by atoms with van der Waals surface area (Å²) in [5, 5.41) is 4.60. The third-order valence-electron chi connectivity index (χ3n) is 3.05. The average molecular weight is 200 g/mol. The summed E-state index contributed by atoms with van der Waals surface area (Å²) >= 11 is 2.15. The minimum atomic E-state index is 0.770. The Morgan fingerprint density at radius 1 is 1.46 bits per heavy atom. The number of hydrogen-bond acceptors (Lipinski definition) is 3. The first kappa shape index (κ1) is 9.81. The molecule has 2 atom stereocenters. The molecule has 2 nitrogen and oxygen atoms in total. The van der Waals surface area contributed by atoms with Gasteiger partial charge in [0.05, 0.1) is 0 Å². The summed E-state index contributed by atoms with van der Waals surface area (Å²) in [5.41, 5.74) is 0. The molecular formula is C10H20N2S. The molecule has 0 aliphatic carbocycles. The summed E-state index contributed by atoms with van der Waals surface area (Å²) < 4.78 is 0. The van der Waals surface area contributed by atoms with E-state index in [2.05, 4.69) is 29.0 Å². The summed E-state index contributed by atoms with van der Waals surface area (Å²) in [5.74, 6) is 1.39. The molecule has 0 aromatic carbocycles. The van der Waals surface area contributed by atoms with Crippen LogP contribution in [0, 0.1) is 0 Å². The van der Waals surface area contributed by atoms with Crippen molar-refractivity contribution < 1.29 is 0 Å². The fourth-order valence-electron chi connectivity index (χ4n) is 2.21. The van der Waals surface area contributed by atoms with Crippen molar-refractivity contribution in [2.45, 2.75) is 30.6 Å². The first-order valence-electron chi connectivity index (χ1n) is 5.38. The van der Waals surface area contributed by atoms with Crippen molar-refractivity contribution in [1.82, 2.24) is 10.2 Å². The monoisotopic (exact) mass is 200 g/mol. The zero-order valence-electron chi connectivity index (χ0n) is 8.46. The molecule has 0 spiro atoms. The van der Waals surface area contributed by atoms with Crippen LogP contribution in [0.25, 0.3) is 0 Å². The second kappa shape index (κ2) is 4.67. The molecule has 2 rings (SSSR count). The van der Waals surface area contributed by atoms with Crippen molar-refractivity contribution in [1.29, 1.82) is 0 Å². The van der Waals surface area contributed by atoms with Gasteiger partial charge in [0, 0.05) is 24.4 Å². The maximum Gasteiger partial charge on any atom is 0.0207 e. The minimum absolute atomic E-state index is 0.770. The first-order chi connectivity index (χ1) is 6.34. The van der Waals surface area contributed by atoms with Crippen molar-refractivity contribution >= 4 is 11.8 Å². The van der Waals surface area contributed by atoms with Gasteiger partial charge in [0.15, 0.2) is 0 Å². The van der Waals surface area contributed by atoms with Gasteiger partial charge in [0.1, 0.15) is 0 Å². The van der Waals surface area contributed by atoms with Crippen LogP contribution in [0.1, 0.15) is 19.3 Å². The van der Waals surface area contributed by atoms with E-state index in [0.29, 0.717) is 0 Å². The van der Waals surface area contributed by atoms with Gasteiger partial charge in [-0.2, -0.15) is 11.8 Å². The maximum absolute atomic E-state index is 3.69. The van der Waals surface area contributed by atoms with E-state index < -0.39 is 0 Å². The third-order valence-corrected chi connectivity index (χ3v) is 4.45. The van der Waals surface area contributed by atoms with Gasteiger partial charge >= 0.3 is 0 Å². The normalized spacial score (nSPS) is 35.8. The Balaban J connectivity index is 1.62. The van der Waals surface area contributed by atoms with E-state index in [0.717, 1.165) is 11.3 Å². The largest absolute Gasteiger partial charge is 0.312 e. The summed E-state index contributed by atoms with van der Waals surface area (Å²) in [6, 6.07) is 0.770. The van der Waals surface area contributed by atoms with Gasteiger partial charge in [-0.25, -0.2) is 0 Å². The molecule has 1 N–H and O–H groups in total. The van der Waals surface area contributed by atoms with Crippen molar-refractivity contribution in [3.63, 3.8) is 0 Å². The lowest BCUT2D eigenvalue weighted by molar-refractivity contribution is 0.398. The number of likely N-dealkylation sites (tertiary alicyclic amines) is 1. The average Bonchev–Trinajstić information content (AvgIpc) is 2.71. The molecule has 0 aromatic heterocycles. The van der Waals surface area contributed by atoms with Gasteiger partial charge < -0.3 is 10.2 Å². The predicted molar refractivity (Wildman–Crippen MR) is 59.4 cm³/mol. The molecule has 2 aliphatic heterocycles. The molecule has 0 amide bonds. The molecule has 0 radical (unpaired) electrons. The minimum Gasteiger partial charge on any atom is -0.312 e. The standard InChI is InChI=1S/C10H20N2S/c1-12-5-4-9(8-12)11-7-10-3-2-6-13-10/h9-11H,2-8H2,1H3. The van der Waals surface area contributed by atoms with Crippen molar-refractivity contribution in [3.8, 4) is 0 Å². The second-order valence-corrected chi connectivity index (χ2v) is 5.70. The molecule has 2 unspecified atom stereocenters. The summed E-state index contributed by atoms with van der Waals surface area (Å²) in [6.07, 6.45) is 4.20. The highest BCUT2D eigenvalue weighted by molar-refractivity contribution is 8.00. The van der Waals surface area contributed by atoms with E-state index in [1.165, 1.54) is 44.6 Å². The molecular weight excluding hydrogens is 180 g/mol. The van der Waals surface area contributed by atoms with E-state index in [4.69, 9.17) is 0 Å². The van der Waals surface area contributed by atoms with Gasteiger partial charge in [0.2, 0.25) is 0 Å². The first-order valence-corrected chi connectivity index (χ1v) is 6.43. The third kappa shape index (κ3) is 2.86. The topological polar surface area (TPSA) is 15.3 Å². The number of hydrogen-bond donors (Lipinski definition) is 1. The Morgan fingerprint density at radius 3 is 3.00 bits per heavy atom. The number of rotatable bonds is 3. The van der Waals surface area contributed by atoms with Crippen LogP contribution in [0.4, 0.5) is 0 Å². The van der Waals surface area contributed by atoms with Crippen LogP contribution in [-0.2, 0) is 0 Å². The molecule has 76 valence electrons. The van der Waals surface area contributed by atoms with Crippen molar-refractivity contribution in [3.05, 3.63) is 0 Å². The highest BCUT2D eigenvalue weighted by Gasteiger charge is 2.21. The van der Waals surface area contributed by atoms with Gasteiger partial charge in [0.25, 0.3) is 0 Å². The summed E-state index contributed by atoms with van der Waals surface area (Å²) in [7, 11) is 2.21. The second-order valence-electron chi connectivity index (χ2n) is 4.29. The van der Waals surface area contributed by atoms with Crippen LogP contribution in [0.2, 0.25) is 0 Å². The summed E-state index contributed by atoms with van der Waals surface area (Å²) in [6.45, 7) is 3.76. The van der Waals surface area contributed by atoms with Crippen LogP contribution < -0.4 is 5.32 Å². The lowest BCUT2D eigenvalue weighted by Crippen LogP contribution is -2.35. The Labute approximate surface area is 85.4 Å². The number of nitrogens with one attached hydrogen (secondary N) is 1. The fourth-order valence-corrected chi connectivity index (χ4v) is 3.42. The van der Waals surface area contributed by atoms with Crippen LogP contribution in [-0.4, -0.2) is 48.6 Å². The molecule has 0 aromatic rings. The smallest absolute Gasteiger partial charge is 0.0207 e. The molecule has 2 saturated heterocycles. The SMILES string of the molecule is CN1CCC(NCC2CCCS2)C1. The zero-order chi connectivity index (χ0) is 9.10. The quantitative estimate of drug-likeness (QED) is 0.736. The Morgan fingerprint density at radius 2 is 2.38 bits per heavy atom. The van der Waals surface area contributed by atoms with Gasteiger partial charge in [-0.3, -0.25) is 0 Å². The van der Waals surface area contributed by atoms with Crippen LogP contribution >= 0.6 is 11.8 Å². The number of thioether (sulfide) groups is 1. The number of nitrogens with zero attached hydrogens (tertiary/aromatic N) is 1. The molecule has 2 heterocycles. The van der Waals surface area contributed by atoms with Gasteiger partial charge in [-0.05, 0) is 38.6 Å². The number of likely N-dealkylation sites (N-methyl/N-ethyl adjacent to an activating group) is 1. The van der Waals surface area contributed by atoms with Crippen molar-refractivity contribution in [2.75, 3.05) is 32.4 Å². The van der Waals surface area contributed by atoms with Crippen LogP contribution in [0.15, 0.2) is 0 Å². The van der Waals surface area contributed by atoms with Crippen LogP contribution in [0.5, 0.6) is 0 Å². The lowest BCUT2D eigenvalue weighted by Gasteiger charge is -2.15. The predicted octanol–water partition coefficient (Wildman–Crippen LogP) is 1.18. The molecule has 2 aliphatic rings. The Kier molecular flexibility index (Phi) is 3.52. The maximum atomic E-state index is 3.69. The molecule has 3 heteroatoms. The lowest BCUT2D eigenvalue weighted by atomic mass is 10.2. The highest BCUT2D eigenvalue weighted by atomic mass is 32.2. The van der Waals surface area contributed by atoms with E-state index in [-0.39, 0.29) is 0 Å². The molecule has 0 bridgehead atoms. The van der Waals surface area contributed by atoms with Gasteiger partial charge in [-0.1, -0.05) is 0 Å². The van der Waals surface area contributed by atoms with E-state index in [1.54, 1.807) is 0 Å². The molecule has 2 fully saturated rings. The van der Waals surface area contributed by atoms with Crippen molar-refractivity contribution in [2.24, 2.45) is 0 Å². The summed E-state index contributed by atoms with van der Waals surface area (Å²) in [4.78, 5) is 2.42. The zero-order valence-corrected chi connectivity index (χ0v) is 9.28. The van der Waals surface area contributed by atoms with Gasteiger partial charge in [-0.15, -0.1) is 0 Å². The Bertz CT molecular complexity index is 157. The molecule has 13 heavy (non-hydrogen) atoms.